The van der Waals surface area contributed by atoms with Gasteiger partial charge in [0.05, 0.1) is 37.0 Å². The van der Waals surface area contributed by atoms with Crippen molar-refractivity contribution in [3.63, 3.8) is 0 Å². The van der Waals surface area contributed by atoms with Gasteiger partial charge in [-0.3, -0.25) is 14.9 Å². The van der Waals surface area contributed by atoms with E-state index in [1.807, 2.05) is 19.9 Å². The minimum atomic E-state index is -1.40. The molecule has 1 aromatic rings. The van der Waals surface area contributed by atoms with Crippen molar-refractivity contribution in [2.75, 3.05) is 19.8 Å². The molecule has 15 atom stereocenters. The van der Waals surface area contributed by atoms with Crippen molar-refractivity contribution >= 4 is 17.7 Å². The lowest BCUT2D eigenvalue weighted by Crippen LogP contribution is -2.76. The van der Waals surface area contributed by atoms with Crippen LogP contribution in [-0.4, -0.2) is 83.1 Å². The maximum absolute atomic E-state index is 15.0. The van der Waals surface area contributed by atoms with Crippen molar-refractivity contribution < 1.29 is 42.9 Å². The Kier molecular flexibility index (Phi) is 7.86. The summed E-state index contributed by atoms with van der Waals surface area (Å²) in [5, 5.41) is 16.1. The number of epoxide rings is 1. The van der Waals surface area contributed by atoms with Gasteiger partial charge >= 0.3 is 11.9 Å². The number of Topliss-reactive ketones (excluding diaryl/α,β-unsaturated/α-hetero) is 1. The predicted molar refractivity (Wildman–Crippen MR) is 194 cm³/mol. The maximum Gasteiger partial charge on any atom is 0.339 e. The van der Waals surface area contributed by atoms with Gasteiger partial charge in [0.2, 0.25) is 0 Å². The van der Waals surface area contributed by atoms with E-state index >= 15 is 0 Å². The van der Waals surface area contributed by atoms with Crippen LogP contribution >= 0.6 is 0 Å². The first-order valence-corrected chi connectivity index (χ1v) is 20.9. The number of carbonyl (C=O) groups excluding carboxylic acids is 3. The molecule has 5 saturated heterocycles. The molecule has 294 valence electrons. The Labute approximate surface area is 318 Å². The second-order valence-electron chi connectivity index (χ2n) is 19.8. The zero-order valence-corrected chi connectivity index (χ0v) is 32.5. The number of aliphatic hydroxyl groups is 1. The number of hydrogen-bond donors (Lipinski definition) is 2. The molecule has 3 saturated carbocycles. The number of ether oxygens (including phenoxy) is 4. The van der Waals surface area contributed by atoms with Gasteiger partial charge in [-0.25, -0.2) is 4.79 Å². The highest BCUT2D eigenvalue weighted by atomic mass is 16.7. The van der Waals surface area contributed by atoms with E-state index in [1.165, 1.54) is 19.3 Å². The highest BCUT2D eigenvalue weighted by Crippen LogP contribution is 2.80. The van der Waals surface area contributed by atoms with Gasteiger partial charge < -0.3 is 33.4 Å². The molecule has 10 rings (SSSR count). The molecule has 8 fully saturated rings. The highest BCUT2D eigenvalue weighted by molar-refractivity contribution is 5.92. The molecule has 6 aliphatic heterocycles. The van der Waals surface area contributed by atoms with Crippen molar-refractivity contribution in [3.8, 4) is 0 Å². The zero-order chi connectivity index (χ0) is 37.6. The number of fused-ring (bicyclic) bond motifs is 4. The fourth-order valence-corrected chi connectivity index (χ4v) is 14.4. The van der Waals surface area contributed by atoms with E-state index in [2.05, 4.69) is 43.3 Å². The number of hydrogen-bond acceptors (Lipinski definition) is 11. The van der Waals surface area contributed by atoms with E-state index in [1.54, 1.807) is 6.26 Å². The average Bonchev–Trinajstić information content (AvgIpc) is 3.39. The van der Waals surface area contributed by atoms with Crippen LogP contribution in [0.3, 0.4) is 0 Å². The monoisotopic (exact) mass is 746 g/mol. The first-order valence-electron chi connectivity index (χ1n) is 20.9. The molecule has 15 unspecified atom stereocenters. The van der Waals surface area contributed by atoms with Crippen molar-refractivity contribution in [3.05, 3.63) is 35.9 Å². The summed E-state index contributed by atoms with van der Waals surface area (Å²) in [5.74, 6) is 1.11. The quantitative estimate of drug-likeness (QED) is 0.280. The molecule has 54 heavy (non-hydrogen) atoms. The molecule has 3 aliphatic carbocycles. The number of nitrogens with zero attached hydrogens (tertiary/aromatic N) is 1. The third-order valence-electron chi connectivity index (χ3n) is 16.9. The molecule has 9 aliphatic rings. The Morgan fingerprint density at radius 3 is 2.72 bits per heavy atom. The van der Waals surface area contributed by atoms with Crippen LogP contribution < -0.4 is 5.32 Å². The number of esters is 2. The Morgan fingerprint density at radius 2 is 1.91 bits per heavy atom. The van der Waals surface area contributed by atoms with E-state index < -0.39 is 63.8 Å². The van der Waals surface area contributed by atoms with Crippen LogP contribution in [0, 0.1) is 51.8 Å². The van der Waals surface area contributed by atoms with Gasteiger partial charge in [0.15, 0.2) is 11.9 Å². The second-order valence-corrected chi connectivity index (χ2v) is 19.8. The van der Waals surface area contributed by atoms with Crippen molar-refractivity contribution in [1.29, 1.82) is 0 Å². The van der Waals surface area contributed by atoms with E-state index in [0.29, 0.717) is 49.0 Å². The third-order valence-corrected chi connectivity index (χ3v) is 16.9. The van der Waals surface area contributed by atoms with Crippen LogP contribution in [0.1, 0.15) is 110 Å². The number of rotatable bonds is 7. The van der Waals surface area contributed by atoms with Gasteiger partial charge in [0.25, 0.3) is 0 Å². The summed E-state index contributed by atoms with van der Waals surface area (Å²) in [7, 11) is 0. The Balaban J connectivity index is 0.957. The SMILES string of the molecule is CC(C)CCC1(C)OC2CC(=O)OCC23C1C(=O)C(O)C1(C)C3CCC2(C)C(c3ccoc3CCC3CCC4C(C=CN5CNCC45)C3)OC(=O)C3OC321. The van der Waals surface area contributed by atoms with Gasteiger partial charge in [-0.2, -0.15) is 0 Å². The molecule has 7 heterocycles. The molecule has 2 N–H and O–H groups in total. The summed E-state index contributed by atoms with van der Waals surface area (Å²) in [6.07, 6.45) is 11.1. The molecular formula is C43H58N2O9. The lowest BCUT2D eigenvalue weighted by Gasteiger charge is -2.66. The van der Waals surface area contributed by atoms with E-state index in [9.17, 15) is 19.5 Å². The normalized spacial score (nSPS) is 49.9. The van der Waals surface area contributed by atoms with Gasteiger partial charge in [-0.1, -0.05) is 40.2 Å². The third kappa shape index (κ3) is 4.47. The number of ketones is 1. The minimum Gasteiger partial charge on any atom is -0.469 e. The van der Waals surface area contributed by atoms with Crippen LogP contribution in [0.5, 0.6) is 0 Å². The highest BCUT2D eigenvalue weighted by Gasteiger charge is 2.91. The van der Waals surface area contributed by atoms with Gasteiger partial charge in [0.1, 0.15) is 30.2 Å². The topological polar surface area (TPSA) is 140 Å². The predicted octanol–water partition coefficient (Wildman–Crippen LogP) is 5.25. The molecule has 0 aromatic carbocycles. The van der Waals surface area contributed by atoms with Crippen molar-refractivity contribution in [1.82, 2.24) is 10.2 Å². The van der Waals surface area contributed by atoms with E-state index in [4.69, 9.17) is 23.4 Å². The fraction of sp³-hybridized carbons (Fsp3) is 0.791. The molecule has 11 heteroatoms. The summed E-state index contributed by atoms with van der Waals surface area (Å²) in [6.45, 7) is 12.5. The van der Waals surface area contributed by atoms with Crippen LogP contribution in [0.4, 0.5) is 0 Å². The van der Waals surface area contributed by atoms with E-state index in [-0.39, 0.29) is 30.7 Å². The smallest absolute Gasteiger partial charge is 0.339 e. The van der Waals surface area contributed by atoms with Crippen LogP contribution in [-0.2, 0) is 39.8 Å². The molecule has 0 bridgehead atoms. The standard InChI is InChI=1S/C43H58N2O9/c1-23(2)10-15-40(4)34-33(47)35(48)41(5)30(42(34)21-51-32(46)19-31(42)53-40)11-14-39(3)36(52-38(49)37-43(39,41)54-37)27-13-17-50-29(27)9-7-24-6-8-26-25(18-24)12-16-45-22-44-20-28(26)45/h12-13,16-17,23-26,28,30-31,34-37,44,48H,6-11,14-15,18-22H2,1-5H3. The summed E-state index contributed by atoms with van der Waals surface area (Å²) in [5.41, 5.74) is -3.91. The van der Waals surface area contributed by atoms with Gasteiger partial charge in [-0.15, -0.1) is 0 Å². The zero-order valence-electron chi connectivity index (χ0n) is 32.5. The Bertz CT molecular complexity index is 1780. The van der Waals surface area contributed by atoms with Crippen LogP contribution in [0.15, 0.2) is 29.0 Å². The number of aryl methyl sites for hydroxylation is 1. The van der Waals surface area contributed by atoms with Crippen molar-refractivity contribution in [2.24, 2.45) is 51.8 Å². The number of cyclic esters (lactones) is 2. The van der Waals surface area contributed by atoms with E-state index in [0.717, 1.165) is 43.8 Å². The number of nitrogens with one attached hydrogen (secondary N) is 1. The first kappa shape index (κ1) is 35.7. The molecule has 0 radical (unpaired) electrons. The van der Waals surface area contributed by atoms with Gasteiger partial charge in [-0.05, 0) is 93.7 Å². The molecule has 11 nitrogen and oxygen atoms in total. The summed E-state index contributed by atoms with van der Waals surface area (Å²) in [6, 6.07) is 2.56. The van der Waals surface area contributed by atoms with Gasteiger partial charge in [0, 0.05) is 40.8 Å². The molecule has 0 amide bonds. The summed E-state index contributed by atoms with van der Waals surface area (Å²) in [4.78, 5) is 44.3. The molecular weight excluding hydrogens is 688 g/mol. The first-order chi connectivity index (χ1) is 25.8. The number of aliphatic hydroxyl groups excluding tert-OH is 1. The lowest BCUT2D eigenvalue weighted by molar-refractivity contribution is -0.252. The summed E-state index contributed by atoms with van der Waals surface area (Å²) < 4.78 is 32.0. The Morgan fingerprint density at radius 1 is 1.07 bits per heavy atom. The second kappa shape index (κ2) is 11.9. The minimum absolute atomic E-state index is 0.0583. The average molecular weight is 747 g/mol. The largest absolute Gasteiger partial charge is 0.469 e. The molecule has 1 aromatic heterocycles. The van der Waals surface area contributed by atoms with Crippen molar-refractivity contribution in [2.45, 2.75) is 140 Å². The number of carbonyl (C=O) groups is 3. The number of allylic oxidation sites excluding steroid dienone is 1. The van der Waals surface area contributed by atoms with Crippen LogP contribution in [0.25, 0.3) is 0 Å². The lowest BCUT2D eigenvalue weighted by atomic mass is 9.36. The fourth-order valence-electron chi connectivity index (χ4n) is 14.4. The van der Waals surface area contributed by atoms with Crippen LogP contribution in [0.2, 0.25) is 0 Å². The molecule has 2 spiro atoms. The summed E-state index contributed by atoms with van der Waals surface area (Å²) >= 11 is 0. The number of furan rings is 1. The Hall–Kier alpha value is -2.73. The maximum atomic E-state index is 15.0.